The van der Waals surface area contributed by atoms with Crippen LogP contribution in [0.4, 0.5) is 0 Å². The van der Waals surface area contributed by atoms with E-state index >= 15 is 0 Å². The molecule has 1 aliphatic carbocycles. The molecule has 0 unspecified atom stereocenters. The largest absolute Gasteiger partial charge is 0.308 e. The molecule has 0 saturated carbocycles. The molecule has 2 aromatic heterocycles. The summed E-state index contributed by atoms with van der Waals surface area (Å²) >= 11 is 0. The summed E-state index contributed by atoms with van der Waals surface area (Å²) in [7, 11) is 0. The number of hydrogen-bond acceptors (Lipinski definition) is 7. The van der Waals surface area contributed by atoms with Crippen LogP contribution < -0.4 is 0 Å². The number of fused-ring (bicyclic) bond motifs is 7. The molecule has 0 aliphatic heterocycles. The highest BCUT2D eigenvalue weighted by atomic mass is 15.0. The van der Waals surface area contributed by atoms with E-state index in [2.05, 4.69) is 97.3 Å². The molecule has 306 valence electrons. The first-order chi connectivity index (χ1) is 32.3. The van der Waals surface area contributed by atoms with Crippen LogP contribution in [0.2, 0.25) is 0 Å². The maximum absolute atomic E-state index is 10.9. The molecule has 0 N–H and O–H groups in total. The van der Waals surface area contributed by atoms with E-state index in [0.29, 0.717) is 73.2 Å². The van der Waals surface area contributed by atoms with E-state index in [-0.39, 0.29) is 5.41 Å². The second-order valence-electron chi connectivity index (χ2n) is 16.8. The fraction of sp³-hybridized carbons (Fsp3) is 0.0517. The van der Waals surface area contributed by atoms with Crippen molar-refractivity contribution in [1.29, 1.82) is 21.0 Å². The minimum absolute atomic E-state index is 0.294. The molecular weight excluding hydrogens is 809 g/mol. The fourth-order valence-corrected chi connectivity index (χ4v) is 9.81. The number of para-hydroxylation sites is 1. The maximum Gasteiger partial charge on any atom is 0.164 e. The Morgan fingerprint density at radius 3 is 1.48 bits per heavy atom. The summed E-state index contributed by atoms with van der Waals surface area (Å²) in [5.74, 6) is 1.31. The molecule has 8 heteroatoms. The number of nitrogens with zero attached hydrogens (tertiary/aromatic N) is 8. The van der Waals surface area contributed by atoms with E-state index in [9.17, 15) is 21.0 Å². The Hall–Kier alpha value is -9.47. The Morgan fingerprint density at radius 2 is 0.924 bits per heavy atom. The van der Waals surface area contributed by atoms with Gasteiger partial charge in [-0.2, -0.15) is 21.0 Å². The first kappa shape index (κ1) is 39.4. The van der Waals surface area contributed by atoms with Crippen molar-refractivity contribution in [1.82, 2.24) is 19.5 Å². The molecule has 11 rings (SSSR count). The summed E-state index contributed by atoms with van der Waals surface area (Å²) in [4.78, 5) is 15.2. The number of aromatic nitrogens is 4. The van der Waals surface area contributed by atoms with Gasteiger partial charge < -0.3 is 4.57 Å². The molecule has 0 amide bonds. The molecule has 10 aromatic rings. The van der Waals surface area contributed by atoms with Crippen molar-refractivity contribution in [2.45, 2.75) is 19.3 Å². The standard InChI is InChI=1S/C58H34N8/c1-58(2)49-19-11-9-17-44(49)45-25-26-51-52(53(45)58)46-18-10-12-20-50(46)66(51)54-47(42-23-21-35(31-59)27-40(42)33-61)29-39(30-48(54)43-24-22-36(32-60)28-41(43)34-62)57-64-55(37-13-5-3-6-14-37)63-56(65-57)38-15-7-4-8-16-38/h3-30H,1-2H3. The average molecular weight is 843 g/mol. The van der Waals surface area contributed by atoms with Crippen molar-refractivity contribution in [2.75, 3.05) is 0 Å². The third-order valence-electron chi connectivity index (χ3n) is 12.8. The highest BCUT2D eigenvalue weighted by Gasteiger charge is 2.38. The predicted molar refractivity (Wildman–Crippen MR) is 258 cm³/mol. The molecule has 0 spiro atoms. The van der Waals surface area contributed by atoms with Gasteiger partial charge in [-0.25, -0.2) is 15.0 Å². The third-order valence-corrected chi connectivity index (χ3v) is 12.8. The van der Waals surface area contributed by atoms with Gasteiger partial charge in [0.1, 0.15) is 0 Å². The molecule has 0 radical (unpaired) electrons. The minimum atomic E-state index is -0.344. The van der Waals surface area contributed by atoms with Crippen LogP contribution in [0.1, 0.15) is 47.2 Å². The lowest BCUT2D eigenvalue weighted by Gasteiger charge is -2.23. The van der Waals surface area contributed by atoms with Crippen molar-refractivity contribution >= 4 is 21.8 Å². The highest BCUT2D eigenvalue weighted by molar-refractivity contribution is 6.15. The summed E-state index contributed by atoms with van der Waals surface area (Å²) in [6, 6.07) is 64.3. The summed E-state index contributed by atoms with van der Waals surface area (Å²) in [5, 5.41) is 44.0. The first-order valence-corrected chi connectivity index (χ1v) is 21.4. The van der Waals surface area contributed by atoms with Gasteiger partial charge in [0.05, 0.1) is 63.3 Å². The van der Waals surface area contributed by atoms with Crippen molar-refractivity contribution in [2.24, 2.45) is 0 Å². The topological polar surface area (TPSA) is 139 Å². The Bertz CT molecular complexity index is 3680. The van der Waals surface area contributed by atoms with Gasteiger partial charge in [-0.3, -0.25) is 0 Å². The van der Waals surface area contributed by atoms with Crippen LogP contribution in [0.25, 0.3) is 95.0 Å². The molecule has 0 atom stereocenters. The predicted octanol–water partition coefficient (Wildman–Crippen LogP) is 13.1. The highest BCUT2D eigenvalue weighted by Crippen LogP contribution is 2.54. The van der Waals surface area contributed by atoms with Crippen LogP contribution in [0.15, 0.2) is 170 Å². The van der Waals surface area contributed by atoms with E-state index < -0.39 is 0 Å². The number of rotatable bonds is 6. The van der Waals surface area contributed by atoms with Crippen molar-refractivity contribution in [3.05, 3.63) is 203 Å². The van der Waals surface area contributed by atoms with Crippen LogP contribution in [-0.2, 0) is 5.41 Å². The minimum Gasteiger partial charge on any atom is -0.308 e. The van der Waals surface area contributed by atoms with Gasteiger partial charge in [0, 0.05) is 55.1 Å². The number of benzene rings is 8. The summed E-state index contributed by atoms with van der Waals surface area (Å²) in [6.45, 7) is 4.56. The Kier molecular flexibility index (Phi) is 9.19. The molecule has 0 fully saturated rings. The number of hydrogen-bond donors (Lipinski definition) is 0. The van der Waals surface area contributed by atoms with E-state index in [1.54, 1.807) is 24.3 Å². The van der Waals surface area contributed by atoms with Crippen molar-refractivity contribution in [3.63, 3.8) is 0 Å². The molecule has 2 heterocycles. The second-order valence-corrected chi connectivity index (χ2v) is 16.8. The zero-order chi connectivity index (χ0) is 45.1. The van der Waals surface area contributed by atoms with Crippen molar-refractivity contribution < 1.29 is 0 Å². The first-order valence-electron chi connectivity index (χ1n) is 21.4. The van der Waals surface area contributed by atoms with Crippen LogP contribution in [0.5, 0.6) is 0 Å². The van der Waals surface area contributed by atoms with Crippen LogP contribution in [-0.4, -0.2) is 19.5 Å². The van der Waals surface area contributed by atoms with E-state index in [4.69, 9.17) is 15.0 Å². The monoisotopic (exact) mass is 842 g/mol. The second kappa shape index (κ2) is 15.4. The smallest absolute Gasteiger partial charge is 0.164 e. The summed E-state index contributed by atoms with van der Waals surface area (Å²) < 4.78 is 2.25. The van der Waals surface area contributed by atoms with E-state index in [1.807, 2.05) is 91.0 Å². The van der Waals surface area contributed by atoms with Gasteiger partial charge in [0.2, 0.25) is 0 Å². The van der Waals surface area contributed by atoms with Gasteiger partial charge in [-0.15, -0.1) is 0 Å². The Balaban J connectivity index is 1.32. The van der Waals surface area contributed by atoms with Gasteiger partial charge in [0.25, 0.3) is 0 Å². The zero-order valence-electron chi connectivity index (χ0n) is 35.7. The lowest BCUT2D eigenvalue weighted by molar-refractivity contribution is 0.666. The van der Waals surface area contributed by atoms with Crippen LogP contribution >= 0.6 is 0 Å². The molecule has 0 saturated heterocycles. The van der Waals surface area contributed by atoms with Gasteiger partial charge in [-0.1, -0.05) is 135 Å². The van der Waals surface area contributed by atoms with Crippen LogP contribution in [0, 0.1) is 45.3 Å². The normalized spacial score (nSPS) is 12.2. The molecular formula is C58H34N8. The molecule has 0 bridgehead atoms. The molecule has 1 aliphatic rings. The Labute approximate surface area is 380 Å². The lowest BCUT2D eigenvalue weighted by atomic mass is 9.80. The quantitative estimate of drug-likeness (QED) is 0.162. The number of nitriles is 4. The Morgan fingerprint density at radius 1 is 0.424 bits per heavy atom. The molecule has 8 nitrogen and oxygen atoms in total. The molecule has 8 aromatic carbocycles. The van der Waals surface area contributed by atoms with Gasteiger partial charge >= 0.3 is 0 Å². The van der Waals surface area contributed by atoms with Gasteiger partial charge in [-0.05, 0) is 70.8 Å². The SMILES string of the molecule is CC1(C)c2ccccc2-c2ccc3c(c21)c1ccccc1n3-c1c(-c2ccc(C#N)cc2C#N)cc(-c2nc(-c3ccccc3)nc(-c3ccccc3)n2)cc1-c1ccc(C#N)cc1C#N. The average Bonchev–Trinajstić information content (AvgIpc) is 3.83. The summed E-state index contributed by atoms with van der Waals surface area (Å²) in [6.07, 6.45) is 0. The zero-order valence-corrected chi connectivity index (χ0v) is 35.7. The third kappa shape index (κ3) is 6.14. The van der Waals surface area contributed by atoms with Crippen LogP contribution in [0.3, 0.4) is 0 Å². The van der Waals surface area contributed by atoms with E-state index in [1.165, 1.54) is 22.3 Å². The van der Waals surface area contributed by atoms with E-state index in [0.717, 1.165) is 32.9 Å². The molecule has 66 heavy (non-hydrogen) atoms. The lowest BCUT2D eigenvalue weighted by Crippen LogP contribution is -2.15. The summed E-state index contributed by atoms with van der Waals surface area (Å²) in [5.41, 5.74) is 13.0. The fourth-order valence-electron chi connectivity index (χ4n) is 9.81. The van der Waals surface area contributed by atoms with Crippen molar-refractivity contribution in [3.8, 4) is 97.5 Å². The van der Waals surface area contributed by atoms with Gasteiger partial charge in [0.15, 0.2) is 17.5 Å². The maximum atomic E-state index is 10.9.